The van der Waals surface area contributed by atoms with Gasteiger partial charge in [-0.3, -0.25) is 10.2 Å². The van der Waals surface area contributed by atoms with Crippen LogP contribution in [0.3, 0.4) is 0 Å². The first-order valence-electron chi connectivity index (χ1n) is 7.60. The van der Waals surface area contributed by atoms with E-state index in [2.05, 4.69) is 18.4 Å². The summed E-state index contributed by atoms with van der Waals surface area (Å²) in [5.74, 6) is 0.496. The molecule has 1 atom stereocenters. The maximum atomic E-state index is 12.3. The molecule has 2 N–H and O–H groups in total. The van der Waals surface area contributed by atoms with E-state index in [0.717, 1.165) is 18.5 Å². The average Bonchev–Trinajstić information content (AvgIpc) is 2.56. The Bertz CT molecular complexity index is 670. The van der Waals surface area contributed by atoms with Crippen LogP contribution in [0.4, 0.5) is 0 Å². The summed E-state index contributed by atoms with van der Waals surface area (Å²) in [5.41, 5.74) is 5.69. The van der Waals surface area contributed by atoms with Gasteiger partial charge in [-0.2, -0.15) is 0 Å². The van der Waals surface area contributed by atoms with Gasteiger partial charge in [0.2, 0.25) is 0 Å². The quantitative estimate of drug-likeness (QED) is 0.915. The Morgan fingerprint density at radius 1 is 1.23 bits per heavy atom. The Hall–Kier alpha value is -2.33. The SMILES string of the molecule is CCC1CN(NC(=O)c2ccccc2)Cc2c(O)cccc21. The number of carbonyl (C=O) groups is 1. The molecule has 22 heavy (non-hydrogen) atoms. The fourth-order valence-electron chi connectivity index (χ4n) is 3.00. The smallest absolute Gasteiger partial charge is 0.265 e. The third-order valence-corrected chi connectivity index (χ3v) is 4.21. The van der Waals surface area contributed by atoms with Crippen LogP contribution in [0.25, 0.3) is 0 Å². The molecular formula is C18H20N2O2. The van der Waals surface area contributed by atoms with Gasteiger partial charge in [-0.05, 0) is 36.1 Å². The summed E-state index contributed by atoms with van der Waals surface area (Å²) in [4.78, 5) is 12.3. The van der Waals surface area contributed by atoms with Gasteiger partial charge in [0.15, 0.2) is 0 Å². The zero-order valence-corrected chi connectivity index (χ0v) is 12.6. The van der Waals surface area contributed by atoms with E-state index in [4.69, 9.17) is 0 Å². The van der Waals surface area contributed by atoms with Gasteiger partial charge < -0.3 is 5.11 Å². The highest BCUT2D eigenvalue weighted by atomic mass is 16.3. The van der Waals surface area contributed by atoms with Gasteiger partial charge in [-0.1, -0.05) is 37.3 Å². The van der Waals surface area contributed by atoms with Gasteiger partial charge in [-0.15, -0.1) is 0 Å². The molecule has 4 nitrogen and oxygen atoms in total. The minimum absolute atomic E-state index is 0.116. The van der Waals surface area contributed by atoms with E-state index in [1.54, 1.807) is 18.2 Å². The van der Waals surface area contributed by atoms with Crippen molar-refractivity contribution < 1.29 is 9.90 Å². The predicted octanol–water partition coefficient (Wildman–Crippen LogP) is 3.05. The third kappa shape index (κ3) is 2.83. The van der Waals surface area contributed by atoms with Crippen molar-refractivity contribution >= 4 is 5.91 Å². The van der Waals surface area contributed by atoms with Crippen LogP contribution in [0.5, 0.6) is 5.75 Å². The van der Waals surface area contributed by atoms with Crippen molar-refractivity contribution in [2.24, 2.45) is 0 Å². The maximum Gasteiger partial charge on any atom is 0.265 e. The monoisotopic (exact) mass is 296 g/mol. The number of hydrazine groups is 1. The highest BCUT2D eigenvalue weighted by Gasteiger charge is 2.27. The second-order valence-corrected chi connectivity index (χ2v) is 5.64. The largest absolute Gasteiger partial charge is 0.508 e. The fourth-order valence-corrected chi connectivity index (χ4v) is 3.00. The first-order chi connectivity index (χ1) is 10.7. The molecule has 0 radical (unpaired) electrons. The molecule has 0 aromatic heterocycles. The second kappa shape index (κ2) is 6.20. The number of aromatic hydroxyl groups is 1. The summed E-state index contributed by atoms with van der Waals surface area (Å²) < 4.78 is 0. The highest BCUT2D eigenvalue weighted by Crippen LogP contribution is 2.34. The van der Waals surface area contributed by atoms with Crippen molar-refractivity contribution in [3.05, 3.63) is 65.2 Å². The van der Waals surface area contributed by atoms with Gasteiger partial charge in [0.25, 0.3) is 5.91 Å². The topological polar surface area (TPSA) is 52.6 Å². The minimum atomic E-state index is -0.116. The molecule has 1 aliphatic rings. The molecule has 0 fully saturated rings. The van der Waals surface area contributed by atoms with Crippen molar-refractivity contribution in [1.29, 1.82) is 0 Å². The molecule has 1 amide bonds. The lowest BCUT2D eigenvalue weighted by atomic mass is 9.88. The molecule has 2 aromatic rings. The van der Waals surface area contributed by atoms with Crippen molar-refractivity contribution in [3.8, 4) is 5.75 Å². The molecular weight excluding hydrogens is 276 g/mol. The van der Waals surface area contributed by atoms with Gasteiger partial charge in [0.1, 0.15) is 5.75 Å². The van der Waals surface area contributed by atoms with Crippen LogP contribution in [-0.2, 0) is 6.54 Å². The zero-order valence-electron chi connectivity index (χ0n) is 12.6. The molecule has 0 bridgehead atoms. The Morgan fingerprint density at radius 2 is 2.00 bits per heavy atom. The summed E-state index contributed by atoms with van der Waals surface area (Å²) in [7, 11) is 0. The summed E-state index contributed by atoms with van der Waals surface area (Å²) in [6.45, 7) is 3.41. The van der Waals surface area contributed by atoms with E-state index in [1.165, 1.54) is 5.56 Å². The normalized spacial score (nSPS) is 17.8. The summed E-state index contributed by atoms with van der Waals surface area (Å²) >= 11 is 0. The van der Waals surface area contributed by atoms with E-state index in [1.807, 2.05) is 29.3 Å². The first-order valence-corrected chi connectivity index (χ1v) is 7.60. The van der Waals surface area contributed by atoms with Crippen molar-refractivity contribution in [2.75, 3.05) is 6.54 Å². The Morgan fingerprint density at radius 3 is 2.73 bits per heavy atom. The van der Waals surface area contributed by atoms with E-state index >= 15 is 0 Å². The van der Waals surface area contributed by atoms with E-state index < -0.39 is 0 Å². The van der Waals surface area contributed by atoms with Crippen LogP contribution in [-0.4, -0.2) is 22.6 Å². The summed E-state index contributed by atoms with van der Waals surface area (Å²) in [6.07, 6.45) is 0.966. The van der Waals surface area contributed by atoms with Crippen LogP contribution in [0.15, 0.2) is 48.5 Å². The summed E-state index contributed by atoms with van der Waals surface area (Å²) in [5, 5.41) is 12.0. The van der Waals surface area contributed by atoms with Gasteiger partial charge in [0.05, 0.1) is 0 Å². The number of amides is 1. The molecule has 0 saturated carbocycles. The Kier molecular flexibility index (Phi) is 4.11. The Labute approximate surface area is 130 Å². The lowest BCUT2D eigenvalue weighted by Crippen LogP contribution is -2.46. The lowest BCUT2D eigenvalue weighted by Gasteiger charge is -2.34. The second-order valence-electron chi connectivity index (χ2n) is 5.64. The molecule has 0 aliphatic carbocycles. The van der Waals surface area contributed by atoms with Gasteiger partial charge in [-0.25, -0.2) is 5.01 Å². The average molecular weight is 296 g/mol. The van der Waals surface area contributed by atoms with Crippen molar-refractivity contribution in [3.63, 3.8) is 0 Å². The van der Waals surface area contributed by atoms with Crippen molar-refractivity contribution in [1.82, 2.24) is 10.4 Å². The third-order valence-electron chi connectivity index (χ3n) is 4.21. The van der Waals surface area contributed by atoms with Crippen LogP contribution in [0, 0.1) is 0 Å². The predicted molar refractivity (Wildman–Crippen MR) is 85.5 cm³/mol. The molecule has 4 heteroatoms. The van der Waals surface area contributed by atoms with Crippen LogP contribution in [0.1, 0.15) is 40.7 Å². The van der Waals surface area contributed by atoms with E-state index in [0.29, 0.717) is 23.8 Å². The molecule has 0 saturated heterocycles. The standard InChI is InChI=1S/C18H20N2O2/c1-2-13-11-20(12-16-15(13)9-6-10-17(16)21)19-18(22)14-7-4-3-5-8-14/h3-10,13,21H,2,11-12H2,1H3,(H,19,22). The minimum Gasteiger partial charge on any atom is -0.508 e. The fraction of sp³-hybridized carbons (Fsp3) is 0.278. The molecule has 0 spiro atoms. The number of carbonyl (C=O) groups excluding carboxylic acids is 1. The van der Waals surface area contributed by atoms with Crippen molar-refractivity contribution in [2.45, 2.75) is 25.8 Å². The zero-order chi connectivity index (χ0) is 15.5. The van der Waals surface area contributed by atoms with Crippen LogP contribution >= 0.6 is 0 Å². The molecule has 3 rings (SSSR count). The first kappa shape index (κ1) is 14.6. The number of phenolic OH excluding ortho intramolecular Hbond substituents is 1. The molecule has 1 unspecified atom stereocenters. The number of rotatable bonds is 3. The molecule has 114 valence electrons. The number of benzene rings is 2. The number of phenols is 1. The highest BCUT2D eigenvalue weighted by molar-refractivity contribution is 5.93. The van der Waals surface area contributed by atoms with Crippen LogP contribution in [0.2, 0.25) is 0 Å². The lowest BCUT2D eigenvalue weighted by molar-refractivity contribution is 0.0737. The number of nitrogens with one attached hydrogen (secondary N) is 1. The number of fused-ring (bicyclic) bond motifs is 1. The molecule has 1 aliphatic heterocycles. The number of hydrogen-bond acceptors (Lipinski definition) is 3. The van der Waals surface area contributed by atoms with Gasteiger partial charge in [0, 0.05) is 24.2 Å². The summed E-state index contributed by atoms with van der Waals surface area (Å²) in [6, 6.07) is 14.8. The van der Waals surface area contributed by atoms with E-state index in [9.17, 15) is 9.90 Å². The molecule has 2 aromatic carbocycles. The number of hydrogen-bond donors (Lipinski definition) is 2. The Balaban J connectivity index is 1.80. The number of nitrogens with zero attached hydrogens (tertiary/aromatic N) is 1. The molecule has 1 heterocycles. The van der Waals surface area contributed by atoms with Crippen LogP contribution < -0.4 is 5.43 Å². The van der Waals surface area contributed by atoms with Gasteiger partial charge >= 0.3 is 0 Å². The maximum absolute atomic E-state index is 12.3. The van der Waals surface area contributed by atoms with E-state index in [-0.39, 0.29) is 5.91 Å².